The molecule has 0 aliphatic heterocycles. The number of H-pyrrole nitrogens is 1. The van der Waals surface area contributed by atoms with Crippen LogP contribution in [-0.2, 0) is 11.3 Å². The van der Waals surface area contributed by atoms with E-state index < -0.39 is 0 Å². The number of imidazole rings is 1. The van der Waals surface area contributed by atoms with Crippen molar-refractivity contribution in [2.45, 2.75) is 13.0 Å². The fraction of sp³-hybridized carbons (Fsp3) is 0.364. The molecule has 0 amide bonds. The Morgan fingerprint density at radius 2 is 2.31 bits per heavy atom. The zero-order valence-corrected chi connectivity index (χ0v) is 10.6. The Labute approximate surface area is 104 Å². The lowest BCUT2D eigenvalue weighted by Gasteiger charge is -2.03. The van der Waals surface area contributed by atoms with Gasteiger partial charge >= 0.3 is 0 Å². The second-order valence-electron chi connectivity index (χ2n) is 3.56. The van der Waals surface area contributed by atoms with Gasteiger partial charge in [0.15, 0.2) is 4.77 Å². The number of rotatable bonds is 4. The number of hydrogen-bond acceptors (Lipinski definition) is 2. The highest BCUT2D eigenvalue weighted by Gasteiger charge is 2.06. The van der Waals surface area contributed by atoms with E-state index in [1.54, 1.807) is 7.11 Å². The fourth-order valence-corrected chi connectivity index (χ4v) is 2.24. The van der Waals surface area contributed by atoms with E-state index in [1.807, 2.05) is 18.2 Å². The summed E-state index contributed by atoms with van der Waals surface area (Å²) in [6.07, 6.45) is 0.935. The first-order valence-corrected chi connectivity index (χ1v) is 5.88. The molecule has 0 radical (unpaired) electrons. The molecule has 1 aromatic carbocycles. The Kier molecular flexibility index (Phi) is 3.63. The molecule has 2 rings (SSSR count). The molecule has 3 nitrogen and oxygen atoms in total. The number of aromatic amines is 1. The maximum Gasteiger partial charge on any atom is 0.178 e. The minimum Gasteiger partial charge on any atom is -0.385 e. The van der Waals surface area contributed by atoms with Gasteiger partial charge in [-0.25, -0.2) is 0 Å². The van der Waals surface area contributed by atoms with E-state index in [2.05, 4.69) is 9.55 Å². The zero-order chi connectivity index (χ0) is 11.5. The van der Waals surface area contributed by atoms with Gasteiger partial charge in [0.25, 0.3) is 0 Å². The molecule has 0 aliphatic rings. The number of fused-ring (bicyclic) bond motifs is 1. The summed E-state index contributed by atoms with van der Waals surface area (Å²) in [6.45, 7) is 1.57. The van der Waals surface area contributed by atoms with E-state index in [0.717, 1.165) is 30.6 Å². The molecule has 0 saturated carbocycles. The molecule has 0 spiro atoms. The molecule has 5 heteroatoms. The fourth-order valence-electron chi connectivity index (χ4n) is 1.73. The third kappa shape index (κ3) is 2.14. The van der Waals surface area contributed by atoms with Gasteiger partial charge in [-0.05, 0) is 30.8 Å². The molecule has 0 aliphatic carbocycles. The van der Waals surface area contributed by atoms with E-state index >= 15 is 0 Å². The topological polar surface area (TPSA) is 29.9 Å². The van der Waals surface area contributed by atoms with Crippen LogP contribution >= 0.6 is 23.8 Å². The van der Waals surface area contributed by atoms with Crippen molar-refractivity contribution in [1.29, 1.82) is 0 Å². The van der Waals surface area contributed by atoms with Crippen LogP contribution in [0.5, 0.6) is 0 Å². The number of halogens is 1. The van der Waals surface area contributed by atoms with E-state index in [4.69, 9.17) is 28.6 Å². The van der Waals surface area contributed by atoms with Crippen molar-refractivity contribution in [3.05, 3.63) is 28.0 Å². The number of para-hydroxylation sites is 1. The monoisotopic (exact) mass is 256 g/mol. The van der Waals surface area contributed by atoms with Gasteiger partial charge in [0, 0.05) is 20.3 Å². The number of ether oxygens (including phenoxy) is 1. The zero-order valence-electron chi connectivity index (χ0n) is 9.00. The highest BCUT2D eigenvalue weighted by atomic mass is 35.5. The molecule has 0 bridgehead atoms. The summed E-state index contributed by atoms with van der Waals surface area (Å²) in [5, 5.41) is 0.703. The molecule has 16 heavy (non-hydrogen) atoms. The average molecular weight is 257 g/mol. The summed E-state index contributed by atoms with van der Waals surface area (Å²) in [5.41, 5.74) is 1.96. The first kappa shape index (κ1) is 11.6. The molecule has 1 heterocycles. The Balaban J connectivity index is 2.40. The van der Waals surface area contributed by atoms with Crippen LogP contribution in [0.3, 0.4) is 0 Å². The number of aromatic nitrogens is 2. The van der Waals surface area contributed by atoms with Crippen molar-refractivity contribution in [3.63, 3.8) is 0 Å². The number of benzene rings is 1. The van der Waals surface area contributed by atoms with Crippen molar-refractivity contribution in [3.8, 4) is 0 Å². The normalized spacial score (nSPS) is 11.1. The van der Waals surface area contributed by atoms with Gasteiger partial charge < -0.3 is 14.3 Å². The van der Waals surface area contributed by atoms with Crippen LogP contribution in [0.2, 0.25) is 5.02 Å². The van der Waals surface area contributed by atoms with E-state index in [-0.39, 0.29) is 0 Å². The van der Waals surface area contributed by atoms with Crippen LogP contribution in [0.1, 0.15) is 6.42 Å². The molecule has 86 valence electrons. The van der Waals surface area contributed by atoms with Gasteiger partial charge in [-0.3, -0.25) is 0 Å². The summed E-state index contributed by atoms with van der Waals surface area (Å²) in [5.74, 6) is 0. The number of nitrogens with one attached hydrogen (secondary N) is 1. The minimum absolute atomic E-state index is 0.703. The van der Waals surface area contributed by atoms with E-state index in [0.29, 0.717) is 9.79 Å². The van der Waals surface area contributed by atoms with E-state index in [1.165, 1.54) is 0 Å². The predicted molar refractivity (Wildman–Crippen MR) is 68.6 cm³/mol. The average Bonchev–Trinajstić information content (AvgIpc) is 2.58. The van der Waals surface area contributed by atoms with Crippen LogP contribution in [-0.4, -0.2) is 23.3 Å². The third-order valence-corrected chi connectivity index (χ3v) is 3.13. The number of nitrogens with zero attached hydrogens (tertiary/aromatic N) is 1. The van der Waals surface area contributed by atoms with E-state index in [9.17, 15) is 0 Å². The molecular weight excluding hydrogens is 244 g/mol. The Hall–Kier alpha value is -0.840. The lowest BCUT2D eigenvalue weighted by Crippen LogP contribution is -2.01. The first-order chi connectivity index (χ1) is 7.74. The van der Waals surface area contributed by atoms with Crippen LogP contribution in [0.15, 0.2) is 18.2 Å². The van der Waals surface area contributed by atoms with Gasteiger partial charge in [-0.2, -0.15) is 0 Å². The highest BCUT2D eigenvalue weighted by Crippen LogP contribution is 2.22. The van der Waals surface area contributed by atoms with Crippen molar-refractivity contribution in [2.75, 3.05) is 13.7 Å². The number of aryl methyl sites for hydroxylation is 1. The number of hydrogen-bond donors (Lipinski definition) is 1. The molecule has 0 unspecified atom stereocenters. The maximum atomic E-state index is 6.09. The lowest BCUT2D eigenvalue weighted by molar-refractivity contribution is 0.190. The molecule has 0 saturated heterocycles. The summed E-state index contributed by atoms with van der Waals surface area (Å²) in [6, 6.07) is 5.80. The summed E-state index contributed by atoms with van der Waals surface area (Å²) < 4.78 is 7.79. The van der Waals surface area contributed by atoms with Gasteiger partial charge in [0.2, 0.25) is 0 Å². The lowest BCUT2D eigenvalue weighted by atomic mass is 10.3. The largest absolute Gasteiger partial charge is 0.385 e. The Morgan fingerprint density at radius 1 is 1.50 bits per heavy atom. The maximum absolute atomic E-state index is 6.09. The van der Waals surface area contributed by atoms with Gasteiger partial charge in [-0.15, -0.1) is 0 Å². The summed E-state index contributed by atoms with van der Waals surface area (Å²) >= 11 is 11.4. The second-order valence-corrected chi connectivity index (χ2v) is 4.36. The molecule has 1 N–H and O–H groups in total. The van der Waals surface area contributed by atoms with Gasteiger partial charge in [0.05, 0.1) is 16.1 Å². The van der Waals surface area contributed by atoms with Crippen LogP contribution in [0, 0.1) is 4.77 Å². The quantitative estimate of drug-likeness (QED) is 0.671. The van der Waals surface area contributed by atoms with Crippen molar-refractivity contribution in [2.24, 2.45) is 0 Å². The van der Waals surface area contributed by atoms with Crippen molar-refractivity contribution in [1.82, 2.24) is 9.55 Å². The second kappa shape index (κ2) is 4.99. The molecule has 0 fully saturated rings. The highest BCUT2D eigenvalue weighted by molar-refractivity contribution is 7.71. The Morgan fingerprint density at radius 3 is 3.06 bits per heavy atom. The minimum atomic E-state index is 0.703. The van der Waals surface area contributed by atoms with Crippen molar-refractivity contribution >= 4 is 34.9 Å². The number of methoxy groups -OCH3 is 1. The standard InChI is InChI=1S/C11H13ClN2OS/c1-15-7-3-6-14-9-5-2-4-8(12)10(9)13-11(14)16/h2,4-5H,3,6-7H2,1H3,(H,13,16). The molecule has 0 atom stereocenters. The van der Waals surface area contributed by atoms with Gasteiger partial charge in [-0.1, -0.05) is 17.7 Å². The van der Waals surface area contributed by atoms with Crippen LogP contribution in [0.4, 0.5) is 0 Å². The van der Waals surface area contributed by atoms with Crippen LogP contribution in [0.25, 0.3) is 11.0 Å². The third-order valence-electron chi connectivity index (χ3n) is 2.49. The molecular formula is C11H13ClN2OS. The molecule has 2 aromatic rings. The smallest absolute Gasteiger partial charge is 0.178 e. The molecule has 1 aromatic heterocycles. The summed E-state index contributed by atoms with van der Waals surface area (Å²) in [4.78, 5) is 3.13. The SMILES string of the molecule is COCCCn1c(=S)[nH]c2c(Cl)cccc21. The first-order valence-electron chi connectivity index (χ1n) is 5.10. The van der Waals surface area contributed by atoms with Gasteiger partial charge in [0.1, 0.15) is 0 Å². The van der Waals surface area contributed by atoms with Crippen LogP contribution < -0.4 is 0 Å². The summed E-state index contributed by atoms with van der Waals surface area (Å²) in [7, 11) is 1.70. The predicted octanol–water partition coefficient (Wildman–Crippen LogP) is 3.39. The Bertz CT molecular complexity index is 546. The van der Waals surface area contributed by atoms with Crippen molar-refractivity contribution < 1.29 is 4.74 Å².